The van der Waals surface area contributed by atoms with Crippen LogP contribution in [-0.2, 0) is 4.79 Å². The minimum atomic E-state index is 0.0419. The summed E-state index contributed by atoms with van der Waals surface area (Å²) in [6.07, 6.45) is 1.40. The zero-order valence-electron chi connectivity index (χ0n) is 8.54. The summed E-state index contributed by atoms with van der Waals surface area (Å²) in [6, 6.07) is 5.63. The standard InChI is InChI=1S/C12H14O2/c1-9-5-6-11(8-10(9)2)12(14)4-3-7-13/h5-8H,3-4H2,1-2H3. The van der Waals surface area contributed by atoms with E-state index in [1.165, 1.54) is 5.56 Å². The smallest absolute Gasteiger partial charge is 0.163 e. The largest absolute Gasteiger partial charge is 0.303 e. The predicted octanol–water partition coefficient (Wildman–Crippen LogP) is 2.47. The maximum Gasteiger partial charge on any atom is 0.163 e. The molecule has 0 saturated heterocycles. The first-order valence-corrected chi connectivity index (χ1v) is 4.69. The van der Waals surface area contributed by atoms with Gasteiger partial charge in [-0.05, 0) is 31.0 Å². The number of rotatable bonds is 4. The maximum absolute atomic E-state index is 11.5. The molecule has 0 amide bonds. The van der Waals surface area contributed by atoms with Crippen LogP contribution >= 0.6 is 0 Å². The van der Waals surface area contributed by atoms with Crippen LogP contribution in [0.4, 0.5) is 0 Å². The summed E-state index contributed by atoms with van der Waals surface area (Å²) in [6.45, 7) is 3.99. The lowest BCUT2D eigenvalue weighted by atomic mass is 10.0. The van der Waals surface area contributed by atoms with E-state index in [4.69, 9.17) is 0 Å². The van der Waals surface area contributed by atoms with Gasteiger partial charge in [-0.15, -0.1) is 0 Å². The van der Waals surface area contributed by atoms with Crippen LogP contribution in [0, 0.1) is 13.8 Å². The molecule has 0 aliphatic carbocycles. The van der Waals surface area contributed by atoms with Crippen LogP contribution in [0.5, 0.6) is 0 Å². The van der Waals surface area contributed by atoms with Crippen molar-refractivity contribution in [1.82, 2.24) is 0 Å². The molecule has 2 nitrogen and oxygen atoms in total. The molecule has 1 aromatic carbocycles. The Labute approximate surface area is 83.9 Å². The lowest BCUT2D eigenvalue weighted by Gasteiger charge is -2.03. The SMILES string of the molecule is Cc1ccc(C(=O)CCC=O)cc1C. The molecule has 74 valence electrons. The van der Waals surface area contributed by atoms with Gasteiger partial charge in [-0.25, -0.2) is 0 Å². The number of aryl methyl sites for hydroxylation is 2. The van der Waals surface area contributed by atoms with E-state index in [1.54, 1.807) is 0 Å². The molecule has 1 rings (SSSR count). The molecule has 0 aliphatic rings. The highest BCUT2D eigenvalue weighted by Crippen LogP contribution is 2.11. The minimum absolute atomic E-state index is 0.0419. The normalized spacial score (nSPS) is 9.86. The molecule has 0 fully saturated rings. The number of carbonyl (C=O) groups is 2. The fourth-order valence-corrected chi connectivity index (χ4v) is 1.25. The molecule has 0 aliphatic heterocycles. The molecular formula is C12H14O2. The van der Waals surface area contributed by atoms with E-state index in [1.807, 2.05) is 32.0 Å². The molecule has 0 atom stereocenters. The lowest BCUT2D eigenvalue weighted by molar-refractivity contribution is -0.107. The Morgan fingerprint density at radius 3 is 2.57 bits per heavy atom. The highest BCUT2D eigenvalue weighted by Gasteiger charge is 2.05. The number of Topliss-reactive ketones (excluding diaryl/α,β-unsaturated/α-hetero) is 1. The number of hydrogen-bond acceptors (Lipinski definition) is 2. The summed E-state index contributed by atoms with van der Waals surface area (Å²) in [4.78, 5) is 21.6. The Hall–Kier alpha value is -1.44. The average molecular weight is 190 g/mol. The molecule has 0 heterocycles. The van der Waals surface area contributed by atoms with Gasteiger partial charge in [0.25, 0.3) is 0 Å². The van der Waals surface area contributed by atoms with E-state index in [0.717, 1.165) is 11.8 Å². The van der Waals surface area contributed by atoms with E-state index in [-0.39, 0.29) is 5.78 Å². The number of benzene rings is 1. The van der Waals surface area contributed by atoms with Crippen molar-refractivity contribution in [3.8, 4) is 0 Å². The van der Waals surface area contributed by atoms with Crippen molar-refractivity contribution < 1.29 is 9.59 Å². The monoisotopic (exact) mass is 190 g/mol. The van der Waals surface area contributed by atoms with Gasteiger partial charge >= 0.3 is 0 Å². The first kappa shape index (κ1) is 10.6. The molecule has 0 saturated carbocycles. The summed E-state index contributed by atoms with van der Waals surface area (Å²) in [5.41, 5.74) is 2.99. The van der Waals surface area contributed by atoms with Crippen LogP contribution in [0.2, 0.25) is 0 Å². The van der Waals surface area contributed by atoms with Crippen molar-refractivity contribution in [2.24, 2.45) is 0 Å². The zero-order valence-corrected chi connectivity index (χ0v) is 8.54. The van der Waals surface area contributed by atoms with Gasteiger partial charge < -0.3 is 4.79 Å². The summed E-state index contributed by atoms with van der Waals surface area (Å²) >= 11 is 0. The number of carbonyl (C=O) groups excluding carboxylic acids is 2. The van der Waals surface area contributed by atoms with Gasteiger partial charge in [-0.3, -0.25) is 4.79 Å². The predicted molar refractivity (Wildman–Crippen MR) is 55.5 cm³/mol. The molecule has 0 radical (unpaired) electrons. The number of hydrogen-bond donors (Lipinski definition) is 0. The Morgan fingerprint density at radius 1 is 1.29 bits per heavy atom. The molecule has 0 bridgehead atoms. The zero-order chi connectivity index (χ0) is 10.6. The van der Waals surface area contributed by atoms with E-state index in [9.17, 15) is 9.59 Å². The lowest BCUT2D eigenvalue weighted by Crippen LogP contribution is -2.00. The van der Waals surface area contributed by atoms with Gasteiger partial charge in [0, 0.05) is 18.4 Å². The van der Waals surface area contributed by atoms with E-state index >= 15 is 0 Å². The highest BCUT2D eigenvalue weighted by atomic mass is 16.1. The van der Waals surface area contributed by atoms with Crippen LogP contribution in [0.15, 0.2) is 18.2 Å². The summed E-state index contributed by atoms with van der Waals surface area (Å²) in [5, 5.41) is 0. The molecule has 1 aromatic rings. The number of ketones is 1. The van der Waals surface area contributed by atoms with Gasteiger partial charge in [0.1, 0.15) is 6.29 Å². The van der Waals surface area contributed by atoms with Gasteiger partial charge in [0.05, 0.1) is 0 Å². The van der Waals surface area contributed by atoms with Crippen molar-refractivity contribution in [3.63, 3.8) is 0 Å². The molecule has 0 N–H and O–H groups in total. The Balaban J connectivity index is 2.80. The molecule has 0 unspecified atom stereocenters. The van der Waals surface area contributed by atoms with E-state index < -0.39 is 0 Å². The Kier molecular flexibility index (Phi) is 3.57. The average Bonchev–Trinajstić information content (AvgIpc) is 2.18. The van der Waals surface area contributed by atoms with E-state index in [2.05, 4.69) is 0 Å². The van der Waals surface area contributed by atoms with Crippen molar-refractivity contribution >= 4 is 12.1 Å². The molecule has 14 heavy (non-hydrogen) atoms. The van der Waals surface area contributed by atoms with Crippen molar-refractivity contribution in [2.45, 2.75) is 26.7 Å². The third-order valence-electron chi connectivity index (χ3n) is 2.32. The third kappa shape index (κ3) is 2.52. The van der Waals surface area contributed by atoms with Crippen LogP contribution in [-0.4, -0.2) is 12.1 Å². The third-order valence-corrected chi connectivity index (χ3v) is 2.32. The van der Waals surface area contributed by atoms with Crippen LogP contribution in [0.1, 0.15) is 34.3 Å². The minimum Gasteiger partial charge on any atom is -0.303 e. The second-order valence-corrected chi connectivity index (χ2v) is 3.43. The van der Waals surface area contributed by atoms with Crippen molar-refractivity contribution in [3.05, 3.63) is 34.9 Å². The quantitative estimate of drug-likeness (QED) is 0.540. The Bertz CT molecular complexity index is 353. The fourth-order valence-electron chi connectivity index (χ4n) is 1.25. The second kappa shape index (κ2) is 4.70. The van der Waals surface area contributed by atoms with E-state index in [0.29, 0.717) is 18.4 Å². The van der Waals surface area contributed by atoms with Crippen LogP contribution in [0.25, 0.3) is 0 Å². The van der Waals surface area contributed by atoms with Crippen molar-refractivity contribution in [2.75, 3.05) is 0 Å². The molecule has 2 heteroatoms. The van der Waals surface area contributed by atoms with Crippen molar-refractivity contribution in [1.29, 1.82) is 0 Å². The summed E-state index contributed by atoms with van der Waals surface area (Å²) in [5.74, 6) is 0.0419. The van der Waals surface area contributed by atoms with Gasteiger partial charge in [0.15, 0.2) is 5.78 Å². The number of aldehydes is 1. The fraction of sp³-hybridized carbons (Fsp3) is 0.333. The highest BCUT2D eigenvalue weighted by molar-refractivity contribution is 5.97. The Morgan fingerprint density at radius 2 is 2.00 bits per heavy atom. The van der Waals surface area contributed by atoms with Crippen LogP contribution in [0.3, 0.4) is 0 Å². The van der Waals surface area contributed by atoms with Crippen LogP contribution < -0.4 is 0 Å². The topological polar surface area (TPSA) is 34.1 Å². The second-order valence-electron chi connectivity index (χ2n) is 3.43. The molecule has 0 aromatic heterocycles. The summed E-state index contributed by atoms with van der Waals surface area (Å²) in [7, 11) is 0. The van der Waals surface area contributed by atoms with Gasteiger partial charge in [-0.2, -0.15) is 0 Å². The maximum atomic E-state index is 11.5. The van der Waals surface area contributed by atoms with Gasteiger partial charge in [0.2, 0.25) is 0 Å². The summed E-state index contributed by atoms with van der Waals surface area (Å²) < 4.78 is 0. The van der Waals surface area contributed by atoms with Gasteiger partial charge in [-0.1, -0.05) is 12.1 Å². The molecular weight excluding hydrogens is 176 g/mol. The first-order chi connectivity index (χ1) is 6.65. The molecule has 0 spiro atoms. The first-order valence-electron chi connectivity index (χ1n) is 4.69.